The molecule has 2 atom stereocenters. The maximum atomic E-state index is 11.7. The highest BCUT2D eigenvalue weighted by Crippen LogP contribution is 2.32. The zero-order valence-corrected chi connectivity index (χ0v) is 21.1. The molecular weight excluding hydrogens is 466 g/mol. The molecule has 1 aliphatic rings. The highest BCUT2D eigenvalue weighted by molar-refractivity contribution is 7.99. The van der Waals surface area contributed by atoms with E-state index in [9.17, 15) is 9.90 Å². The summed E-state index contributed by atoms with van der Waals surface area (Å²) in [6.07, 6.45) is 0.719. The number of nitrogens with zero attached hydrogens (tertiary/aromatic N) is 1. The fourth-order valence-electron chi connectivity index (χ4n) is 4.91. The Hall–Kier alpha value is -3.28. The predicted molar refractivity (Wildman–Crippen MR) is 147 cm³/mol. The van der Waals surface area contributed by atoms with Crippen LogP contribution < -0.4 is 0 Å². The van der Waals surface area contributed by atoms with E-state index in [-0.39, 0.29) is 12.0 Å². The first kappa shape index (κ1) is 24.4. The first-order chi connectivity index (χ1) is 17.7. The highest BCUT2D eigenvalue weighted by Gasteiger charge is 2.33. The lowest BCUT2D eigenvalue weighted by atomic mass is 9.86. The number of ether oxygens (including phenoxy) is 1. The maximum absolute atomic E-state index is 11.7. The number of carboxylic acid groups (broad SMARTS) is 1. The fourth-order valence-corrected chi connectivity index (χ4v) is 5.83. The predicted octanol–water partition coefficient (Wildman–Crippen LogP) is 7.23. The molecule has 1 heterocycles. The van der Waals surface area contributed by atoms with E-state index in [2.05, 4.69) is 78.9 Å². The van der Waals surface area contributed by atoms with Crippen molar-refractivity contribution in [2.24, 2.45) is 0 Å². The van der Waals surface area contributed by atoms with Crippen LogP contribution >= 0.6 is 11.8 Å². The van der Waals surface area contributed by atoms with Crippen LogP contribution in [0.3, 0.4) is 0 Å². The van der Waals surface area contributed by atoms with Crippen molar-refractivity contribution in [2.75, 3.05) is 18.8 Å². The van der Waals surface area contributed by atoms with Gasteiger partial charge in [-0.25, -0.2) is 4.79 Å². The van der Waals surface area contributed by atoms with E-state index in [1.54, 1.807) is 0 Å². The monoisotopic (exact) mass is 497 g/mol. The van der Waals surface area contributed by atoms with E-state index < -0.39 is 6.09 Å². The number of hydrogen-bond donors (Lipinski definition) is 1. The number of amides is 1. The van der Waals surface area contributed by atoms with Crippen molar-refractivity contribution in [3.8, 4) is 0 Å². The van der Waals surface area contributed by atoms with Crippen LogP contribution in [0.4, 0.5) is 4.79 Å². The first-order valence-corrected chi connectivity index (χ1v) is 13.5. The molecule has 0 aliphatic carbocycles. The minimum Gasteiger partial charge on any atom is -0.465 e. The second-order valence-electron chi connectivity index (χ2n) is 9.31. The lowest BCUT2D eigenvalue weighted by Crippen LogP contribution is -2.46. The third-order valence-electron chi connectivity index (χ3n) is 6.92. The summed E-state index contributed by atoms with van der Waals surface area (Å²) in [6, 6.07) is 34.0. The van der Waals surface area contributed by atoms with Gasteiger partial charge < -0.3 is 14.7 Å². The minimum absolute atomic E-state index is 0.175. The minimum atomic E-state index is -0.876. The largest absolute Gasteiger partial charge is 0.465 e. The molecule has 184 valence electrons. The molecular formula is C31H31NO3S. The number of hydrogen-bond acceptors (Lipinski definition) is 3. The van der Waals surface area contributed by atoms with Crippen LogP contribution in [-0.2, 0) is 17.8 Å². The molecule has 4 aromatic rings. The number of rotatable bonds is 8. The first-order valence-electron chi connectivity index (χ1n) is 12.5. The van der Waals surface area contributed by atoms with E-state index in [1.165, 1.54) is 31.7 Å². The molecule has 1 N–H and O–H groups in total. The molecule has 1 amide bonds. The van der Waals surface area contributed by atoms with Gasteiger partial charge in [-0.1, -0.05) is 78.9 Å². The van der Waals surface area contributed by atoms with Crippen LogP contribution in [0.25, 0.3) is 10.8 Å². The van der Waals surface area contributed by atoms with Crippen LogP contribution in [0, 0.1) is 0 Å². The van der Waals surface area contributed by atoms with Gasteiger partial charge in [0.2, 0.25) is 0 Å². The van der Waals surface area contributed by atoms with Gasteiger partial charge in [-0.05, 0) is 58.5 Å². The van der Waals surface area contributed by atoms with E-state index in [0.29, 0.717) is 19.7 Å². The maximum Gasteiger partial charge on any atom is 0.407 e. The van der Waals surface area contributed by atoms with Crippen molar-refractivity contribution in [1.29, 1.82) is 0 Å². The van der Waals surface area contributed by atoms with Gasteiger partial charge in [0, 0.05) is 23.1 Å². The van der Waals surface area contributed by atoms with Gasteiger partial charge in [0.15, 0.2) is 0 Å². The molecule has 5 rings (SSSR count). The van der Waals surface area contributed by atoms with E-state index in [1.807, 2.05) is 30.0 Å². The number of carbonyl (C=O) groups is 1. The van der Waals surface area contributed by atoms with Crippen molar-refractivity contribution in [3.63, 3.8) is 0 Å². The van der Waals surface area contributed by atoms with Gasteiger partial charge in [0.05, 0.1) is 19.3 Å². The van der Waals surface area contributed by atoms with Crippen molar-refractivity contribution >= 4 is 28.6 Å². The van der Waals surface area contributed by atoms with E-state index in [0.717, 1.165) is 24.2 Å². The third-order valence-corrected chi connectivity index (χ3v) is 7.93. The molecule has 0 aromatic heterocycles. The lowest BCUT2D eigenvalue weighted by Gasteiger charge is -2.37. The van der Waals surface area contributed by atoms with Gasteiger partial charge >= 0.3 is 6.09 Å². The second kappa shape index (κ2) is 11.6. The van der Waals surface area contributed by atoms with Gasteiger partial charge in [-0.3, -0.25) is 0 Å². The van der Waals surface area contributed by atoms with E-state index in [4.69, 9.17) is 4.74 Å². The van der Waals surface area contributed by atoms with Gasteiger partial charge in [-0.2, -0.15) is 0 Å². The zero-order chi connectivity index (χ0) is 24.7. The molecule has 0 bridgehead atoms. The quantitative estimate of drug-likeness (QED) is 0.261. The topological polar surface area (TPSA) is 49.8 Å². The van der Waals surface area contributed by atoms with Crippen molar-refractivity contribution in [3.05, 3.63) is 114 Å². The SMILES string of the molecule is O=C(O)N1CCC(c2ccc(CCSc3ccccc3)cc2)C(OCc2ccc3ccccc3c2)C1. The summed E-state index contributed by atoms with van der Waals surface area (Å²) >= 11 is 1.87. The summed E-state index contributed by atoms with van der Waals surface area (Å²) < 4.78 is 6.40. The number of fused-ring (bicyclic) bond motifs is 1. The number of thioether (sulfide) groups is 1. The lowest BCUT2D eigenvalue weighted by molar-refractivity contribution is -0.0199. The fraction of sp³-hybridized carbons (Fsp3) is 0.258. The zero-order valence-electron chi connectivity index (χ0n) is 20.3. The summed E-state index contributed by atoms with van der Waals surface area (Å²) in [5, 5.41) is 12.0. The van der Waals surface area contributed by atoms with Crippen molar-refractivity contribution in [2.45, 2.75) is 36.4 Å². The molecule has 4 aromatic carbocycles. The molecule has 4 nitrogen and oxygen atoms in total. The molecule has 5 heteroatoms. The van der Waals surface area contributed by atoms with Gasteiger partial charge in [0.25, 0.3) is 0 Å². The average Bonchev–Trinajstić information content (AvgIpc) is 2.92. The number of piperidine rings is 1. The smallest absolute Gasteiger partial charge is 0.407 e. The van der Waals surface area contributed by atoms with Crippen LogP contribution in [-0.4, -0.2) is 41.0 Å². The molecule has 36 heavy (non-hydrogen) atoms. The van der Waals surface area contributed by atoms with Crippen molar-refractivity contribution in [1.82, 2.24) is 4.90 Å². The summed E-state index contributed by atoms with van der Waals surface area (Å²) in [7, 11) is 0. The third kappa shape index (κ3) is 6.10. The Morgan fingerprint density at radius 3 is 2.39 bits per heavy atom. The molecule has 1 aliphatic heterocycles. The number of benzene rings is 4. The van der Waals surface area contributed by atoms with Crippen LogP contribution in [0.1, 0.15) is 29.0 Å². The summed E-state index contributed by atoms with van der Waals surface area (Å²) in [5.41, 5.74) is 3.65. The Balaban J connectivity index is 1.24. The highest BCUT2D eigenvalue weighted by atomic mass is 32.2. The summed E-state index contributed by atoms with van der Waals surface area (Å²) in [4.78, 5) is 14.5. The van der Waals surface area contributed by atoms with Gasteiger partial charge in [0.1, 0.15) is 0 Å². The molecule has 2 unspecified atom stereocenters. The Morgan fingerprint density at radius 2 is 1.61 bits per heavy atom. The number of aryl methyl sites for hydroxylation is 1. The molecule has 0 spiro atoms. The Labute approximate surface area is 216 Å². The molecule has 0 radical (unpaired) electrons. The Kier molecular flexibility index (Phi) is 7.89. The second-order valence-corrected chi connectivity index (χ2v) is 10.5. The molecule has 0 saturated carbocycles. The molecule has 1 saturated heterocycles. The normalized spacial score (nSPS) is 17.8. The molecule has 1 fully saturated rings. The summed E-state index contributed by atoms with van der Waals surface area (Å²) in [6.45, 7) is 1.39. The standard InChI is InChI=1S/C31H31NO3S/c33-31(34)32-18-16-29(26-14-10-23(11-15-26)17-19-36-28-8-2-1-3-9-28)30(21-32)35-22-24-12-13-25-6-4-5-7-27(25)20-24/h1-15,20,29-30H,16-19,21-22H2,(H,33,34). The summed E-state index contributed by atoms with van der Waals surface area (Å²) in [5.74, 6) is 1.21. The van der Waals surface area contributed by atoms with Crippen LogP contribution in [0.2, 0.25) is 0 Å². The van der Waals surface area contributed by atoms with Gasteiger partial charge in [-0.15, -0.1) is 11.8 Å². The van der Waals surface area contributed by atoms with Crippen molar-refractivity contribution < 1.29 is 14.6 Å². The number of likely N-dealkylation sites (tertiary alicyclic amines) is 1. The Bertz CT molecular complexity index is 1290. The van der Waals surface area contributed by atoms with Crippen LogP contribution in [0.5, 0.6) is 0 Å². The van der Waals surface area contributed by atoms with E-state index >= 15 is 0 Å². The Morgan fingerprint density at radius 1 is 0.889 bits per heavy atom. The van der Waals surface area contributed by atoms with Crippen LogP contribution in [0.15, 0.2) is 102 Å². The average molecular weight is 498 g/mol.